The van der Waals surface area contributed by atoms with Crippen LogP contribution >= 0.6 is 0 Å². The topological polar surface area (TPSA) is 67.2 Å². The summed E-state index contributed by atoms with van der Waals surface area (Å²) >= 11 is 0. The van der Waals surface area contributed by atoms with Gasteiger partial charge in [-0.1, -0.05) is 38.7 Å². The Morgan fingerprint density at radius 2 is 1.90 bits per heavy atom. The highest BCUT2D eigenvalue weighted by Crippen LogP contribution is 2.33. The first-order chi connectivity index (χ1) is 10.1. The minimum Gasteiger partial charge on any atom is -0.380 e. The van der Waals surface area contributed by atoms with Gasteiger partial charge in [0.2, 0.25) is 0 Å². The Kier molecular flexibility index (Phi) is 7.58. The van der Waals surface area contributed by atoms with Crippen molar-refractivity contribution >= 4 is 17.1 Å². The van der Waals surface area contributed by atoms with E-state index in [1.54, 1.807) is 12.1 Å². The van der Waals surface area contributed by atoms with E-state index >= 15 is 0 Å². The fourth-order valence-electron chi connectivity index (χ4n) is 2.40. The number of nitrogens with zero attached hydrogens (tertiary/aromatic N) is 1. The van der Waals surface area contributed by atoms with E-state index in [9.17, 15) is 10.1 Å². The van der Waals surface area contributed by atoms with Crippen molar-refractivity contribution in [3.63, 3.8) is 0 Å². The molecular formula is C16H27N3O2. The van der Waals surface area contributed by atoms with Crippen molar-refractivity contribution in [3.05, 3.63) is 28.3 Å². The summed E-state index contributed by atoms with van der Waals surface area (Å²) in [4.78, 5) is 11.0. The van der Waals surface area contributed by atoms with Crippen molar-refractivity contribution in [2.24, 2.45) is 0 Å². The van der Waals surface area contributed by atoms with Crippen molar-refractivity contribution in [2.45, 2.75) is 58.9 Å². The average molecular weight is 293 g/mol. The third kappa shape index (κ3) is 5.61. The average Bonchev–Trinajstić information content (AvgIpc) is 2.44. The van der Waals surface area contributed by atoms with Crippen molar-refractivity contribution in [2.75, 3.05) is 17.2 Å². The SMILES string of the molecule is CCCCCCC(C)Nc1cccc(NCC)c1[N+](=O)[O-]. The van der Waals surface area contributed by atoms with Crippen LogP contribution in [0.15, 0.2) is 18.2 Å². The van der Waals surface area contributed by atoms with Crippen LogP contribution in [-0.4, -0.2) is 17.5 Å². The Labute approximate surface area is 127 Å². The number of anilines is 2. The van der Waals surface area contributed by atoms with Gasteiger partial charge in [-0.3, -0.25) is 10.1 Å². The number of nitrogens with one attached hydrogen (secondary N) is 2. The van der Waals surface area contributed by atoms with Gasteiger partial charge in [-0.05, 0) is 32.4 Å². The van der Waals surface area contributed by atoms with E-state index < -0.39 is 0 Å². The van der Waals surface area contributed by atoms with Crippen LogP contribution in [0.1, 0.15) is 52.9 Å². The van der Waals surface area contributed by atoms with Crippen molar-refractivity contribution in [1.82, 2.24) is 0 Å². The largest absolute Gasteiger partial charge is 0.380 e. The van der Waals surface area contributed by atoms with E-state index in [1.807, 2.05) is 13.0 Å². The zero-order chi connectivity index (χ0) is 15.7. The number of para-hydroxylation sites is 1. The van der Waals surface area contributed by atoms with E-state index in [2.05, 4.69) is 24.5 Å². The lowest BCUT2D eigenvalue weighted by molar-refractivity contribution is -0.383. The molecule has 0 fully saturated rings. The standard InChI is InChI=1S/C16H27N3O2/c1-4-6-7-8-10-13(3)18-15-12-9-11-14(17-5-2)16(15)19(20)21/h9,11-13,17-18H,4-8,10H2,1-3H3. The second-order valence-corrected chi connectivity index (χ2v) is 5.38. The molecule has 0 aliphatic rings. The lowest BCUT2D eigenvalue weighted by Crippen LogP contribution is -2.16. The molecule has 5 heteroatoms. The fourth-order valence-corrected chi connectivity index (χ4v) is 2.40. The zero-order valence-electron chi connectivity index (χ0n) is 13.3. The maximum atomic E-state index is 11.3. The molecule has 0 aliphatic heterocycles. The number of benzene rings is 1. The van der Waals surface area contributed by atoms with Gasteiger partial charge >= 0.3 is 5.69 Å². The first kappa shape index (κ1) is 17.3. The summed E-state index contributed by atoms with van der Waals surface area (Å²) < 4.78 is 0. The predicted molar refractivity (Wildman–Crippen MR) is 89.1 cm³/mol. The molecule has 0 saturated heterocycles. The third-order valence-electron chi connectivity index (χ3n) is 3.48. The van der Waals surface area contributed by atoms with Gasteiger partial charge in [0.15, 0.2) is 0 Å². The number of hydrogen-bond acceptors (Lipinski definition) is 4. The highest BCUT2D eigenvalue weighted by Gasteiger charge is 2.20. The zero-order valence-corrected chi connectivity index (χ0v) is 13.3. The van der Waals surface area contributed by atoms with E-state index in [4.69, 9.17) is 0 Å². The van der Waals surface area contributed by atoms with Gasteiger partial charge in [0, 0.05) is 12.6 Å². The maximum Gasteiger partial charge on any atom is 0.315 e. The number of unbranched alkanes of at least 4 members (excludes halogenated alkanes) is 3. The molecule has 5 nitrogen and oxygen atoms in total. The van der Waals surface area contributed by atoms with Crippen LogP contribution in [-0.2, 0) is 0 Å². The Morgan fingerprint density at radius 1 is 1.19 bits per heavy atom. The van der Waals surface area contributed by atoms with Gasteiger partial charge in [-0.25, -0.2) is 0 Å². The van der Waals surface area contributed by atoms with Crippen LogP contribution in [0.2, 0.25) is 0 Å². The van der Waals surface area contributed by atoms with Crippen LogP contribution < -0.4 is 10.6 Å². The second kappa shape index (κ2) is 9.21. The molecule has 1 unspecified atom stereocenters. The Bertz CT molecular complexity index is 449. The minimum absolute atomic E-state index is 0.139. The van der Waals surface area contributed by atoms with Gasteiger partial charge in [0.1, 0.15) is 11.4 Å². The second-order valence-electron chi connectivity index (χ2n) is 5.38. The van der Waals surface area contributed by atoms with Crippen LogP contribution in [0, 0.1) is 10.1 Å². The summed E-state index contributed by atoms with van der Waals surface area (Å²) in [6.45, 7) is 6.86. The van der Waals surface area contributed by atoms with Gasteiger partial charge in [0.25, 0.3) is 0 Å². The van der Waals surface area contributed by atoms with Crippen LogP contribution in [0.3, 0.4) is 0 Å². The third-order valence-corrected chi connectivity index (χ3v) is 3.48. The predicted octanol–water partition coefficient (Wildman–Crippen LogP) is 4.80. The molecule has 0 aromatic heterocycles. The summed E-state index contributed by atoms with van der Waals surface area (Å²) in [6.07, 6.45) is 5.88. The van der Waals surface area contributed by atoms with Gasteiger partial charge in [0.05, 0.1) is 4.92 Å². The molecule has 1 aromatic rings. The van der Waals surface area contributed by atoms with Gasteiger partial charge < -0.3 is 10.6 Å². The van der Waals surface area contributed by atoms with Crippen molar-refractivity contribution in [3.8, 4) is 0 Å². The molecule has 1 atom stereocenters. The molecular weight excluding hydrogens is 266 g/mol. The fraction of sp³-hybridized carbons (Fsp3) is 0.625. The Hall–Kier alpha value is -1.78. The quantitative estimate of drug-likeness (QED) is 0.369. The van der Waals surface area contributed by atoms with Crippen LogP contribution in [0.4, 0.5) is 17.1 Å². The van der Waals surface area contributed by atoms with Crippen molar-refractivity contribution < 1.29 is 4.92 Å². The highest BCUT2D eigenvalue weighted by atomic mass is 16.6. The Morgan fingerprint density at radius 3 is 2.52 bits per heavy atom. The molecule has 0 saturated carbocycles. The smallest absolute Gasteiger partial charge is 0.315 e. The molecule has 1 aromatic carbocycles. The highest BCUT2D eigenvalue weighted by molar-refractivity contribution is 5.76. The molecule has 21 heavy (non-hydrogen) atoms. The van der Waals surface area contributed by atoms with Crippen LogP contribution in [0.25, 0.3) is 0 Å². The molecule has 0 aliphatic carbocycles. The van der Waals surface area contributed by atoms with E-state index in [0.29, 0.717) is 17.9 Å². The lowest BCUT2D eigenvalue weighted by Gasteiger charge is -2.16. The molecule has 0 heterocycles. The van der Waals surface area contributed by atoms with Crippen LogP contribution in [0.5, 0.6) is 0 Å². The number of nitro benzene ring substituents is 1. The first-order valence-electron chi connectivity index (χ1n) is 7.87. The molecule has 118 valence electrons. The summed E-state index contributed by atoms with van der Waals surface area (Å²) in [6, 6.07) is 5.61. The summed E-state index contributed by atoms with van der Waals surface area (Å²) in [5, 5.41) is 17.7. The minimum atomic E-state index is -0.315. The van der Waals surface area contributed by atoms with E-state index in [-0.39, 0.29) is 16.7 Å². The van der Waals surface area contributed by atoms with Crippen molar-refractivity contribution in [1.29, 1.82) is 0 Å². The summed E-state index contributed by atoms with van der Waals surface area (Å²) in [7, 11) is 0. The van der Waals surface area contributed by atoms with Gasteiger partial charge in [-0.2, -0.15) is 0 Å². The molecule has 2 N–H and O–H groups in total. The molecule has 1 rings (SSSR count). The molecule has 0 amide bonds. The summed E-state index contributed by atoms with van der Waals surface area (Å²) in [5.41, 5.74) is 1.31. The first-order valence-corrected chi connectivity index (χ1v) is 7.87. The molecule has 0 bridgehead atoms. The normalized spacial score (nSPS) is 12.0. The number of hydrogen-bond donors (Lipinski definition) is 2. The molecule has 0 spiro atoms. The van der Waals surface area contributed by atoms with E-state index in [0.717, 1.165) is 12.8 Å². The summed E-state index contributed by atoms with van der Waals surface area (Å²) in [5.74, 6) is 0. The number of rotatable bonds is 10. The Balaban J connectivity index is 2.73. The monoisotopic (exact) mass is 293 g/mol. The van der Waals surface area contributed by atoms with E-state index in [1.165, 1.54) is 19.3 Å². The number of nitro groups is 1. The molecule has 0 radical (unpaired) electrons. The van der Waals surface area contributed by atoms with Gasteiger partial charge in [-0.15, -0.1) is 0 Å². The lowest BCUT2D eigenvalue weighted by atomic mass is 10.1. The maximum absolute atomic E-state index is 11.3.